The summed E-state index contributed by atoms with van der Waals surface area (Å²) >= 11 is 0. The highest BCUT2D eigenvalue weighted by Crippen LogP contribution is 2.22. The number of rotatable bonds is 3. The number of aryl methyl sites for hydroxylation is 1. The molecule has 0 amide bonds. The van der Waals surface area contributed by atoms with Crippen LogP contribution in [0.2, 0.25) is 0 Å². The van der Waals surface area contributed by atoms with E-state index in [-0.39, 0.29) is 5.41 Å². The van der Waals surface area contributed by atoms with E-state index in [0.717, 1.165) is 12.8 Å². The summed E-state index contributed by atoms with van der Waals surface area (Å²) in [6.45, 7) is 6.63. The Labute approximate surface area is 91.6 Å². The van der Waals surface area contributed by atoms with Gasteiger partial charge < -0.3 is 5.21 Å². The number of benzene rings is 1. The Morgan fingerprint density at radius 1 is 1.20 bits per heavy atom. The molecule has 15 heavy (non-hydrogen) atoms. The van der Waals surface area contributed by atoms with Crippen molar-refractivity contribution in [1.29, 1.82) is 0 Å². The number of oxime groups is 1. The predicted molar refractivity (Wildman–Crippen MR) is 63.7 cm³/mol. The molecule has 0 bridgehead atoms. The third-order valence-corrected chi connectivity index (χ3v) is 2.46. The van der Waals surface area contributed by atoms with Crippen LogP contribution in [0.15, 0.2) is 29.4 Å². The molecule has 0 unspecified atom stereocenters. The molecule has 82 valence electrons. The van der Waals surface area contributed by atoms with Gasteiger partial charge in [0.2, 0.25) is 0 Å². The fraction of sp³-hybridized carbons (Fsp3) is 0.462. The average molecular weight is 205 g/mol. The quantitative estimate of drug-likeness (QED) is 0.458. The van der Waals surface area contributed by atoms with Crippen molar-refractivity contribution in [2.75, 3.05) is 0 Å². The standard InChI is InChI=1S/C13H19NO/c1-13(2,3)12-8-6-11(7-9-12)5-4-10-14-15/h6-10,15H,4-5H2,1-3H3/b14-10-. The van der Waals surface area contributed by atoms with Gasteiger partial charge in [0, 0.05) is 6.21 Å². The molecule has 0 atom stereocenters. The van der Waals surface area contributed by atoms with Gasteiger partial charge in [0.1, 0.15) is 0 Å². The Morgan fingerprint density at radius 3 is 2.27 bits per heavy atom. The van der Waals surface area contributed by atoms with Gasteiger partial charge in [-0.25, -0.2) is 0 Å². The van der Waals surface area contributed by atoms with Gasteiger partial charge in [0.15, 0.2) is 0 Å². The third kappa shape index (κ3) is 3.74. The molecule has 0 aliphatic carbocycles. The minimum Gasteiger partial charge on any atom is -0.411 e. The summed E-state index contributed by atoms with van der Waals surface area (Å²) in [5.41, 5.74) is 2.84. The molecule has 0 fully saturated rings. The molecule has 0 heterocycles. The zero-order valence-electron chi connectivity index (χ0n) is 9.70. The van der Waals surface area contributed by atoms with E-state index in [1.807, 2.05) is 0 Å². The maximum atomic E-state index is 8.26. The summed E-state index contributed by atoms with van der Waals surface area (Å²) in [6.07, 6.45) is 3.23. The average Bonchev–Trinajstić information content (AvgIpc) is 2.18. The predicted octanol–water partition coefficient (Wildman–Crippen LogP) is 3.38. The van der Waals surface area contributed by atoms with Gasteiger partial charge in [-0.2, -0.15) is 0 Å². The highest BCUT2D eigenvalue weighted by Gasteiger charge is 2.12. The molecule has 2 nitrogen and oxygen atoms in total. The van der Waals surface area contributed by atoms with Gasteiger partial charge >= 0.3 is 0 Å². The third-order valence-electron chi connectivity index (χ3n) is 2.46. The lowest BCUT2D eigenvalue weighted by atomic mass is 9.86. The lowest BCUT2D eigenvalue weighted by Gasteiger charge is -2.19. The van der Waals surface area contributed by atoms with Crippen molar-refractivity contribution in [1.82, 2.24) is 0 Å². The van der Waals surface area contributed by atoms with Gasteiger partial charge in [-0.3, -0.25) is 0 Å². The van der Waals surface area contributed by atoms with Crippen LogP contribution in [0.25, 0.3) is 0 Å². The summed E-state index contributed by atoms with van der Waals surface area (Å²) in [7, 11) is 0. The summed E-state index contributed by atoms with van der Waals surface area (Å²) in [5, 5.41) is 11.2. The SMILES string of the molecule is CC(C)(C)c1ccc(CC/C=N\O)cc1. The molecule has 0 radical (unpaired) electrons. The minimum atomic E-state index is 0.213. The molecule has 1 N–H and O–H groups in total. The van der Waals surface area contributed by atoms with E-state index >= 15 is 0 Å². The highest BCUT2D eigenvalue weighted by molar-refractivity contribution is 5.56. The largest absolute Gasteiger partial charge is 0.411 e. The van der Waals surface area contributed by atoms with Crippen LogP contribution in [0.3, 0.4) is 0 Å². The van der Waals surface area contributed by atoms with Gasteiger partial charge in [-0.1, -0.05) is 45.0 Å². The fourth-order valence-electron chi connectivity index (χ4n) is 1.46. The maximum Gasteiger partial charge on any atom is 0.0439 e. The van der Waals surface area contributed by atoms with E-state index in [2.05, 4.69) is 50.2 Å². The van der Waals surface area contributed by atoms with Crippen LogP contribution in [-0.4, -0.2) is 11.4 Å². The second kappa shape index (κ2) is 4.96. The van der Waals surface area contributed by atoms with Gasteiger partial charge in [-0.05, 0) is 29.4 Å². The zero-order chi connectivity index (χ0) is 11.3. The van der Waals surface area contributed by atoms with Crippen LogP contribution in [0.5, 0.6) is 0 Å². The van der Waals surface area contributed by atoms with Gasteiger partial charge in [0.25, 0.3) is 0 Å². The monoisotopic (exact) mass is 205 g/mol. The van der Waals surface area contributed by atoms with Crippen molar-refractivity contribution in [3.05, 3.63) is 35.4 Å². The first-order valence-corrected chi connectivity index (χ1v) is 5.29. The Kier molecular flexibility index (Phi) is 3.89. The van der Waals surface area contributed by atoms with Crippen molar-refractivity contribution in [3.8, 4) is 0 Å². The van der Waals surface area contributed by atoms with E-state index in [9.17, 15) is 0 Å². The first-order valence-electron chi connectivity index (χ1n) is 5.29. The van der Waals surface area contributed by atoms with E-state index in [0.29, 0.717) is 0 Å². The first-order chi connectivity index (χ1) is 7.04. The smallest absolute Gasteiger partial charge is 0.0439 e. The molecular weight excluding hydrogens is 186 g/mol. The van der Waals surface area contributed by atoms with E-state index < -0.39 is 0 Å². The fourth-order valence-corrected chi connectivity index (χ4v) is 1.46. The lowest BCUT2D eigenvalue weighted by molar-refractivity contribution is 0.320. The van der Waals surface area contributed by atoms with Gasteiger partial charge in [0.05, 0.1) is 0 Å². The molecule has 1 rings (SSSR count). The molecular formula is C13H19NO. The van der Waals surface area contributed by atoms with Crippen LogP contribution >= 0.6 is 0 Å². The van der Waals surface area contributed by atoms with Crippen LogP contribution in [0, 0.1) is 0 Å². The molecule has 2 heteroatoms. The summed E-state index contributed by atoms with van der Waals surface area (Å²) < 4.78 is 0. The topological polar surface area (TPSA) is 32.6 Å². The van der Waals surface area contributed by atoms with Crippen LogP contribution in [0.4, 0.5) is 0 Å². The molecule has 0 spiro atoms. The Bertz CT molecular complexity index is 319. The first kappa shape index (κ1) is 11.8. The molecule has 1 aromatic rings. The summed E-state index contributed by atoms with van der Waals surface area (Å²) in [5.74, 6) is 0. The van der Waals surface area contributed by atoms with Crippen LogP contribution in [-0.2, 0) is 11.8 Å². The second-order valence-electron chi connectivity index (χ2n) is 4.78. The Morgan fingerprint density at radius 2 is 1.80 bits per heavy atom. The zero-order valence-corrected chi connectivity index (χ0v) is 9.70. The summed E-state index contributed by atoms with van der Waals surface area (Å²) in [4.78, 5) is 0. The van der Waals surface area contributed by atoms with Crippen molar-refractivity contribution < 1.29 is 5.21 Å². The summed E-state index contributed by atoms with van der Waals surface area (Å²) in [6, 6.07) is 8.63. The molecule has 0 aliphatic rings. The number of hydrogen-bond donors (Lipinski definition) is 1. The van der Waals surface area contributed by atoms with E-state index in [4.69, 9.17) is 5.21 Å². The molecule has 0 aliphatic heterocycles. The van der Waals surface area contributed by atoms with Crippen molar-refractivity contribution in [2.45, 2.75) is 39.0 Å². The Balaban J connectivity index is 2.64. The second-order valence-corrected chi connectivity index (χ2v) is 4.78. The van der Waals surface area contributed by atoms with E-state index in [1.165, 1.54) is 17.3 Å². The molecule has 0 saturated heterocycles. The lowest BCUT2D eigenvalue weighted by Crippen LogP contribution is -2.10. The molecule has 1 aromatic carbocycles. The van der Waals surface area contributed by atoms with E-state index in [1.54, 1.807) is 0 Å². The number of hydrogen-bond acceptors (Lipinski definition) is 2. The normalized spacial score (nSPS) is 12.2. The van der Waals surface area contributed by atoms with Crippen molar-refractivity contribution in [2.24, 2.45) is 5.16 Å². The van der Waals surface area contributed by atoms with Crippen LogP contribution < -0.4 is 0 Å². The van der Waals surface area contributed by atoms with Crippen LogP contribution in [0.1, 0.15) is 38.3 Å². The Hall–Kier alpha value is -1.31. The highest BCUT2D eigenvalue weighted by atomic mass is 16.4. The van der Waals surface area contributed by atoms with Gasteiger partial charge in [-0.15, -0.1) is 5.16 Å². The minimum absolute atomic E-state index is 0.213. The maximum absolute atomic E-state index is 8.26. The van der Waals surface area contributed by atoms with Crippen molar-refractivity contribution in [3.63, 3.8) is 0 Å². The van der Waals surface area contributed by atoms with Crippen molar-refractivity contribution >= 4 is 6.21 Å². The number of nitrogens with zero attached hydrogens (tertiary/aromatic N) is 1. The molecule has 0 aromatic heterocycles. The molecule has 0 saturated carbocycles.